The first kappa shape index (κ1) is 13.3. The molecular formula is C10H8BrN3O5. The molecule has 0 aromatic carbocycles. The van der Waals surface area contributed by atoms with Gasteiger partial charge in [-0.25, -0.2) is 4.79 Å². The number of nitrogens with zero attached hydrogens (tertiary/aromatic N) is 3. The van der Waals surface area contributed by atoms with E-state index in [-0.39, 0.29) is 16.1 Å². The maximum atomic E-state index is 10.7. The average molecular weight is 330 g/mol. The molecule has 0 saturated carbocycles. The van der Waals surface area contributed by atoms with Crippen LogP contribution >= 0.6 is 15.9 Å². The number of nitro groups is 1. The molecule has 0 spiro atoms. The molecule has 2 aromatic heterocycles. The lowest BCUT2D eigenvalue weighted by molar-refractivity contribution is -0.390. The van der Waals surface area contributed by atoms with Crippen molar-refractivity contribution in [3.63, 3.8) is 0 Å². The second kappa shape index (κ2) is 4.84. The van der Waals surface area contributed by atoms with Crippen molar-refractivity contribution in [2.45, 2.75) is 13.0 Å². The highest BCUT2D eigenvalue weighted by molar-refractivity contribution is 9.10. The molecule has 19 heavy (non-hydrogen) atoms. The third-order valence-electron chi connectivity index (χ3n) is 2.49. The summed E-state index contributed by atoms with van der Waals surface area (Å²) in [6, 6.07) is 2.36. The number of carboxylic acids is 1. The fourth-order valence-corrected chi connectivity index (χ4v) is 1.94. The SMILES string of the molecule is CC(c1ccc(C(=O)O)o1)n1cc(Br)c([N+](=O)[O-])n1. The van der Waals surface area contributed by atoms with E-state index < -0.39 is 16.9 Å². The molecule has 0 radical (unpaired) electrons. The summed E-state index contributed by atoms with van der Waals surface area (Å²) in [5, 5.41) is 23.2. The van der Waals surface area contributed by atoms with Gasteiger partial charge in [0.25, 0.3) is 0 Å². The molecule has 0 saturated heterocycles. The van der Waals surface area contributed by atoms with Gasteiger partial charge in [-0.1, -0.05) is 0 Å². The van der Waals surface area contributed by atoms with Gasteiger partial charge in [-0.2, -0.15) is 4.68 Å². The molecule has 2 rings (SSSR count). The zero-order valence-electron chi connectivity index (χ0n) is 9.61. The maximum Gasteiger partial charge on any atom is 0.404 e. The van der Waals surface area contributed by atoms with Gasteiger partial charge in [0.05, 0.1) is 11.3 Å². The molecule has 0 amide bonds. The molecular weight excluding hydrogens is 322 g/mol. The summed E-state index contributed by atoms with van der Waals surface area (Å²) in [6.45, 7) is 1.69. The van der Waals surface area contributed by atoms with Gasteiger partial charge >= 0.3 is 11.8 Å². The van der Waals surface area contributed by atoms with E-state index >= 15 is 0 Å². The van der Waals surface area contributed by atoms with E-state index in [1.54, 1.807) is 6.92 Å². The Kier molecular flexibility index (Phi) is 3.38. The topological polar surface area (TPSA) is 111 Å². The van der Waals surface area contributed by atoms with E-state index in [0.29, 0.717) is 5.76 Å². The molecule has 0 bridgehead atoms. The van der Waals surface area contributed by atoms with Crippen LogP contribution in [0.1, 0.15) is 29.3 Å². The van der Waals surface area contributed by atoms with Crippen LogP contribution < -0.4 is 0 Å². The van der Waals surface area contributed by atoms with Gasteiger partial charge in [0.1, 0.15) is 16.3 Å². The maximum absolute atomic E-state index is 10.7. The third kappa shape index (κ3) is 2.50. The van der Waals surface area contributed by atoms with Gasteiger partial charge in [-0.05, 0) is 39.9 Å². The molecule has 9 heteroatoms. The third-order valence-corrected chi connectivity index (χ3v) is 3.05. The van der Waals surface area contributed by atoms with Gasteiger partial charge in [0, 0.05) is 0 Å². The zero-order chi connectivity index (χ0) is 14.2. The van der Waals surface area contributed by atoms with Crippen LogP contribution in [0.25, 0.3) is 0 Å². The number of carbonyl (C=O) groups is 1. The lowest BCUT2D eigenvalue weighted by Crippen LogP contribution is -2.07. The number of carboxylic acid groups (broad SMARTS) is 1. The Hall–Kier alpha value is -2.16. The van der Waals surface area contributed by atoms with Crippen molar-refractivity contribution in [3.05, 3.63) is 44.4 Å². The van der Waals surface area contributed by atoms with Gasteiger partial charge < -0.3 is 19.6 Å². The van der Waals surface area contributed by atoms with Crippen LogP contribution in [0.15, 0.2) is 27.2 Å². The first-order valence-electron chi connectivity index (χ1n) is 5.12. The monoisotopic (exact) mass is 329 g/mol. The Bertz CT molecular complexity index is 647. The van der Waals surface area contributed by atoms with Crippen LogP contribution in [0.4, 0.5) is 5.82 Å². The van der Waals surface area contributed by atoms with Gasteiger partial charge in [-0.15, -0.1) is 0 Å². The van der Waals surface area contributed by atoms with E-state index in [1.807, 2.05) is 0 Å². The van der Waals surface area contributed by atoms with Gasteiger partial charge in [-0.3, -0.25) is 0 Å². The van der Waals surface area contributed by atoms with E-state index in [2.05, 4.69) is 21.0 Å². The first-order chi connectivity index (χ1) is 8.90. The Morgan fingerprint density at radius 1 is 1.63 bits per heavy atom. The Balaban J connectivity index is 2.32. The smallest absolute Gasteiger partial charge is 0.404 e. The molecule has 0 aliphatic heterocycles. The average Bonchev–Trinajstić information content (AvgIpc) is 2.94. The predicted molar refractivity (Wildman–Crippen MR) is 66.1 cm³/mol. The summed E-state index contributed by atoms with van der Waals surface area (Å²) in [5.74, 6) is -1.33. The Morgan fingerprint density at radius 2 is 2.32 bits per heavy atom. The summed E-state index contributed by atoms with van der Waals surface area (Å²) in [5.41, 5.74) is 0. The molecule has 2 aromatic rings. The molecule has 1 N–H and O–H groups in total. The highest BCUT2D eigenvalue weighted by Gasteiger charge is 2.24. The minimum Gasteiger partial charge on any atom is -0.475 e. The van der Waals surface area contributed by atoms with E-state index in [1.165, 1.54) is 23.0 Å². The lowest BCUT2D eigenvalue weighted by atomic mass is 10.2. The Labute approximate surface area is 114 Å². The molecule has 0 aliphatic rings. The molecule has 2 heterocycles. The van der Waals surface area contributed by atoms with Crippen molar-refractivity contribution < 1.29 is 19.2 Å². The number of halogens is 1. The molecule has 100 valence electrons. The minimum absolute atomic E-state index is 0.192. The highest BCUT2D eigenvalue weighted by atomic mass is 79.9. The summed E-state index contributed by atoms with van der Waals surface area (Å²) in [6.07, 6.45) is 1.44. The standard InChI is InChI=1S/C10H8BrN3O5/c1-5(7-2-3-8(19-7)10(15)16)13-4-6(11)9(12-13)14(17)18/h2-5H,1H3,(H,15,16). The fraction of sp³-hybridized carbons (Fsp3) is 0.200. The summed E-state index contributed by atoms with van der Waals surface area (Å²) >= 11 is 3.04. The van der Waals surface area contributed by atoms with Gasteiger partial charge in [0.2, 0.25) is 5.76 Å². The van der Waals surface area contributed by atoms with Crippen LogP contribution in [-0.2, 0) is 0 Å². The van der Waals surface area contributed by atoms with Crippen LogP contribution in [0, 0.1) is 10.1 Å². The number of rotatable bonds is 4. The van der Waals surface area contributed by atoms with Crippen molar-refractivity contribution in [3.8, 4) is 0 Å². The molecule has 1 unspecified atom stereocenters. The number of aromatic nitrogens is 2. The molecule has 8 nitrogen and oxygen atoms in total. The number of hydrogen-bond donors (Lipinski definition) is 1. The summed E-state index contributed by atoms with van der Waals surface area (Å²) < 4.78 is 6.70. The van der Waals surface area contributed by atoms with E-state index in [0.717, 1.165) is 0 Å². The quantitative estimate of drug-likeness (QED) is 0.681. The fourth-order valence-electron chi connectivity index (χ4n) is 1.50. The van der Waals surface area contributed by atoms with Crippen molar-refractivity contribution in [2.75, 3.05) is 0 Å². The van der Waals surface area contributed by atoms with Crippen molar-refractivity contribution in [1.82, 2.24) is 9.78 Å². The second-order valence-corrected chi connectivity index (χ2v) is 4.58. The minimum atomic E-state index is -1.17. The van der Waals surface area contributed by atoms with Crippen molar-refractivity contribution in [1.29, 1.82) is 0 Å². The number of hydrogen-bond acceptors (Lipinski definition) is 5. The Morgan fingerprint density at radius 3 is 2.79 bits per heavy atom. The zero-order valence-corrected chi connectivity index (χ0v) is 11.2. The normalized spacial score (nSPS) is 12.3. The van der Waals surface area contributed by atoms with Crippen LogP contribution in [0.2, 0.25) is 0 Å². The van der Waals surface area contributed by atoms with Crippen molar-refractivity contribution >= 4 is 27.7 Å². The van der Waals surface area contributed by atoms with Gasteiger partial charge in [0.15, 0.2) is 0 Å². The second-order valence-electron chi connectivity index (χ2n) is 3.72. The number of furan rings is 1. The van der Waals surface area contributed by atoms with Crippen LogP contribution in [0.5, 0.6) is 0 Å². The van der Waals surface area contributed by atoms with Crippen LogP contribution in [0.3, 0.4) is 0 Å². The van der Waals surface area contributed by atoms with Crippen LogP contribution in [-0.4, -0.2) is 25.8 Å². The first-order valence-corrected chi connectivity index (χ1v) is 5.91. The summed E-state index contributed by atoms with van der Waals surface area (Å²) in [4.78, 5) is 20.8. The largest absolute Gasteiger partial charge is 0.475 e. The molecule has 0 aliphatic carbocycles. The highest BCUT2D eigenvalue weighted by Crippen LogP contribution is 2.27. The van der Waals surface area contributed by atoms with Crippen molar-refractivity contribution in [2.24, 2.45) is 0 Å². The predicted octanol–water partition coefficient (Wildman–Crippen LogP) is 2.45. The van der Waals surface area contributed by atoms with E-state index in [4.69, 9.17) is 9.52 Å². The molecule has 0 fully saturated rings. The summed E-state index contributed by atoms with van der Waals surface area (Å²) in [7, 11) is 0. The molecule has 1 atom stereocenters. The number of aromatic carboxylic acids is 1. The van der Waals surface area contributed by atoms with E-state index in [9.17, 15) is 14.9 Å². The lowest BCUT2D eigenvalue weighted by Gasteiger charge is -2.04.